The lowest BCUT2D eigenvalue weighted by molar-refractivity contribution is 0.0772. The van der Waals surface area contributed by atoms with Crippen LogP contribution in [0.5, 0.6) is 0 Å². The third kappa shape index (κ3) is 5.76. The minimum atomic E-state index is -3.38. The molecule has 1 aromatic heterocycles. The van der Waals surface area contributed by atoms with Crippen LogP contribution in [0, 0.1) is 6.92 Å². The molecule has 2 rings (SSSR count). The van der Waals surface area contributed by atoms with Crippen molar-refractivity contribution >= 4 is 9.84 Å². The number of aliphatic hydroxyl groups is 1. The van der Waals surface area contributed by atoms with Gasteiger partial charge in [0.05, 0.1) is 17.8 Å². The van der Waals surface area contributed by atoms with Crippen LogP contribution in [0.25, 0.3) is 0 Å². The van der Waals surface area contributed by atoms with Crippen LogP contribution in [-0.4, -0.2) is 35.0 Å². The molecule has 0 saturated carbocycles. The van der Waals surface area contributed by atoms with E-state index in [9.17, 15) is 13.5 Å². The molecule has 6 nitrogen and oxygen atoms in total. The molecule has 0 radical (unpaired) electrons. The first-order valence-electron chi connectivity index (χ1n) is 7.43. The van der Waals surface area contributed by atoms with Crippen LogP contribution >= 0.6 is 0 Å². The molecule has 126 valence electrons. The zero-order valence-corrected chi connectivity index (χ0v) is 14.4. The van der Waals surface area contributed by atoms with E-state index in [1.54, 1.807) is 13.8 Å². The number of sulfone groups is 1. The number of rotatable bonds is 7. The lowest BCUT2D eigenvalue weighted by Gasteiger charge is -2.16. The van der Waals surface area contributed by atoms with Crippen molar-refractivity contribution in [3.8, 4) is 0 Å². The monoisotopic (exact) mass is 338 g/mol. The Morgan fingerprint density at radius 3 is 2.61 bits per heavy atom. The molecule has 0 atom stereocenters. The lowest BCUT2D eigenvalue weighted by atomic mass is 10.1. The summed E-state index contributed by atoms with van der Waals surface area (Å²) in [5, 5.41) is 13.4. The first-order chi connectivity index (χ1) is 10.6. The van der Waals surface area contributed by atoms with E-state index >= 15 is 0 Å². The van der Waals surface area contributed by atoms with Crippen LogP contribution < -0.4 is 0 Å². The summed E-state index contributed by atoms with van der Waals surface area (Å²) >= 11 is 0. The Morgan fingerprint density at radius 1 is 1.26 bits per heavy atom. The summed E-state index contributed by atoms with van der Waals surface area (Å²) in [5.41, 5.74) is 1.16. The quantitative estimate of drug-likeness (QED) is 0.830. The van der Waals surface area contributed by atoms with Crippen molar-refractivity contribution in [3.05, 3.63) is 47.1 Å². The maximum absolute atomic E-state index is 12.0. The summed E-state index contributed by atoms with van der Waals surface area (Å²) in [4.78, 5) is 4.16. The van der Waals surface area contributed by atoms with E-state index in [0.717, 1.165) is 11.1 Å². The van der Waals surface area contributed by atoms with Gasteiger partial charge in [0.25, 0.3) is 0 Å². The van der Waals surface area contributed by atoms with E-state index in [4.69, 9.17) is 4.52 Å². The summed E-state index contributed by atoms with van der Waals surface area (Å²) in [5.74, 6) is 0.162. The van der Waals surface area contributed by atoms with Gasteiger partial charge in [-0.2, -0.15) is 4.98 Å². The number of hydrogen-bond acceptors (Lipinski definition) is 6. The second kappa shape index (κ2) is 6.80. The Morgan fingerprint density at radius 2 is 1.96 bits per heavy atom. The Kier molecular flexibility index (Phi) is 5.21. The molecule has 1 N–H and O–H groups in total. The molecular weight excluding hydrogens is 316 g/mol. The van der Waals surface area contributed by atoms with E-state index in [1.165, 1.54) is 0 Å². The van der Waals surface area contributed by atoms with Gasteiger partial charge in [0.15, 0.2) is 15.7 Å². The molecule has 0 aliphatic rings. The van der Waals surface area contributed by atoms with Gasteiger partial charge in [0.1, 0.15) is 5.75 Å². The van der Waals surface area contributed by atoms with Gasteiger partial charge in [-0.1, -0.05) is 29.4 Å². The average Bonchev–Trinajstić information content (AvgIpc) is 2.85. The fourth-order valence-corrected chi connectivity index (χ4v) is 3.53. The zero-order chi connectivity index (χ0) is 17.1. The number of benzene rings is 1. The van der Waals surface area contributed by atoms with Gasteiger partial charge in [-0.3, -0.25) is 0 Å². The molecule has 0 aliphatic heterocycles. The third-order valence-corrected chi connectivity index (χ3v) is 5.01. The molecule has 0 aliphatic carbocycles. The first-order valence-corrected chi connectivity index (χ1v) is 9.25. The Hall–Kier alpha value is -1.73. The number of aryl methyl sites for hydroxylation is 1. The highest BCUT2D eigenvalue weighted by molar-refractivity contribution is 7.90. The molecule has 0 unspecified atom stereocenters. The molecule has 0 saturated heterocycles. The topological polar surface area (TPSA) is 93.3 Å². The van der Waals surface area contributed by atoms with Gasteiger partial charge in [-0.05, 0) is 38.3 Å². The number of nitrogens with zero attached hydrogens (tertiary/aromatic N) is 2. The van der Waals surface area contributed by atoms with Crippen molar-refractivity contribution < 1.29 is 18.0 Å². The van der Waals surface area contributed by atoms with Crippen molar-refractivity contribution in [2.75, 3.05) is 5.75 Å². The highest BCUT2D eigenvalue weighted by Crippen LogP contribution is 2.15. The van der Waals surface area contributed by atoms with E-state index in [0.29, 0.717) is 12.3 Å². The molecule has 23 heavy (non-hydrogen) atoms. The van der Waals surface area contributed by atoms with E-state index in [-0.39, 0.29) is 23.8 Å². The molecular formula is C16H22N2O4S. The standard InChI is InChI=1S/C16H22N2O4S/c1-12-6-4-5-7-13(12)10-15-17-14(18-22-15)11-23(20,21)9-8-16(2,3)19/h4-7,19H,8-11H2,1-3H3. The third-order valence-electron chi connectivity index (χ3n) is 3.49. The van der Waals surface area contributed by atoms with Gasteiger partial charge in [-0.15, -0.1) is 0 Å². The fraction of sp³-hybridized carbons (Fsp3) is 0.500. The number of aromatic nitrogens is 2. The zero-order valence-electron chi connectivity index (χ0n) is 13.6. The van der Waals surface area contributed by atoms with Gasteiger partial charge < -0.3 is 9.63 Å². The molecule has 1 aromatic carbocycles. The molecule has 0 spiro atoms. The maximum atomic E-state index is 12.0. The SMILES string of the molecule is Cc1ccccc1Cc1nc(CS(=O)(=O)CCC(C)(C)O)no1. The minimum Gasteiger partial charge on any atom is -0.390 e. The molecule has 0 amide bonds. The summed E-state index contributed by atoms with van der Waals surface area (Å²) in [6, 6.07) is 7.85. The number of hydrogen-bond donors (Lipinski definition) is 1. The van der Waals surface area contributed by atoms with Crippen LogP contribution in [0.3, 0.4) is 0 Å². The Bertz CT molecular complexity index is 760. The van der Waals surface area contributed by atoms with Gasteiger partial charge in [0, 0.05) is 0 Å². The molecule has 2 aromatic rings. The van der Waals surface area contributed by atoms with Gasteiger partial charge in [-0.25, -0.2) is 8.42 Å². The summed E-state index contributed by atoms with van der Waals surface area (Å²) in [7, 11) is -3.38. The predicted octanol–water partition coefficient (Wildman–Crippen LogP) is 2.04. The second-order valence-corrected chi connectivity index (χ2v) is 8.55. The van der Waals surface area contributed by atoms with Gasteiger partial charge >= 0.3 is 0 Å². The maximum Gasteiger partial charge on any atom is 0.231 e. The van der Waals surface area contributed by atoms with Crippen molar-refractivity contribution in [3.63, 3.8) is 0 Å². The van der Waals surface area contributed by atoms with Crippen LogP contribution in [0.4, 0.5) is 0 Å². The first kappa shape index (κ1) is 17.6. The molecule has 0 bridgehead atoms. The minimum absolute atomic E-state index is 0.113. The molecule has 0 fully saturated rings. The van der Waals surface area contributed by atoms with Crippen molar-refractivity contribution in [2.45, 2.75) is 45.0 Å². The van der Waals surface area contributed by atoms with E-state index in [1.807, 2.05) is 31.2 Å². The van der Waals surface area contributed by atoms with Crippen LogP contribution in [0.1, 0.15) is 43.1 Å². The van der Waals surface area contributed by atoms with Crippen molar-refractivity contribution in [1.82, 2.24) is 10.1 Å². The Labute approximate surface area is 136 Å². The summed E-state index contributed by atoms with van der Waals surface area (Å²) in [6.07, 6.45) is 0.645. The Balaban J connectivity index is 2.01. The van der Waals surface area contributed by atoms with Crippen molar-refractivity contribution in [2.24, 2.45) is 0 Å². The smallest absolute Gasteiger partial charge is 0.231 e. The van der Waals surface area contributed by atoms with E-state index < -0.39 is 15.4 Å². The summed E-state index contributed by atoms with van der Waals surface area (Å²) in [6.45, 7) is 5.15. The highest BCUT2D eigenvalue weighted by Gasteiger charge is 2.21. The highest BCUT2D eigenvalue weighted by atomic mass is 32.2. The average molecular weight is 338 g/mol. The lowest BCUT2D eigenvalue weighted by Crippen LogP contribution is -2.24. The second-order valence-electron chi connectivity index (χ2n) is 6.36. The van der Waals surface area contributed by atoms with E-state index in [2.05, 4.69) is 10.1 Å². The largest absolute Gasteiger partial charge is 0.390 e. The van der Waals surface area contributed by atoms with Crippen LogP contribution in [0.15, 0.2) is 28.8 Å². The van der Waals surface area contributed by atoms with Crippen LogP contribution in [-0.2, 0) is 22.0 Å². The summed E-state index contributed by atoms with van der Waals surface area (Å²) < 4.78 is 29.2. The van der Waals surface area contributed by atoms with Crippen LogP contribution in [0.2, 0.25) is 0 Å². The molecule has 7 heteroatoms. The van der Waals surface area contributed by atoms with Crippen molar-refractivity contribution in [1.29, 1.82) is 0 Å². The normalized spacial score (nSPS) is 12.5. The predicted molar refractivity (Wildman–Crippen MR) is 86.7 cm³/mol. The molecule has 1 heterocycles. The van der Waals surface area contributed by atoms with Gasteiger partial charge in [0.2, 0.25) is 5.89 Å². The fourth-order valence-electron chi connectivity index (χ4n) is 2.07.